The molecular weight excluding hydrogens is 324 g/mol. The minimum Gasteiger partial charge on any atom is -0.493 e. The van der Waals surface area contributed by atoms with Crippen molar-refractivity contribution < 1.29 is 9.47 Å². The molecular formula is C18H14N2O3S. The molecule has 0 saturated heterocycles. The van der Waals surface area contributed by atoms with Crippen molar-refractivity contribution in [2.24, 2.45) is 0 Å². The topological polar surface area (TPSA) is 52.8 Å². The Hall–Kier alpha value is -2.86. The highest BCUT2D eigenvalue weighted by Crippen LogP contribution is 2.27. The maximum atomic E-state index is 12.7. The van der Waals surface area contributed by atoms with Gasteiger partial charge in [-0.2, -0.15) is 0 Å². The van der Waals surface area contributed by atoms with Gasteiger partial charge in [-0.25, -0.2) is 9.38 Å². The summed E-state index contributed by atoms with van der Waals surface area (Å²) in [7, 11) is 3.18. The predicted octanol–water partition coefficient (Wildman–Crippen LogP) is 2.47. The summed E-state index contributed by atoms with van der Waals surface area (Å²) >= 11 is 1.38. The van der Waals surface area contributed by atoms with Crippen molar-refractivity contribution in [2.45, 2.75) is 0 Å². The first-order chi connectivity index (χ1) is 11.7. The van der Waals surface area contributed by atoms with Crippen LogP contribution in [0.2, 0.25) is 0 Å². The average molecular weight is 338 g/mol. The highest BCUT2D eigenvalue weighted by molar-refractivity contribution is 7.15. The van der Waals surface area contributed by atoms with Crippen molar-refractivity contribution in [3.8, 4) is 11.5 Å². The highest BCUT2D eigenvalue weighted by atomic mass is 32.1. The SMILES string of the molecule is COc1ccc(/C=c2/sc3nc4ccccc4n3c2=O)cc1OC. The lowest BCUT2D eigenvalue weighted by Crippen LogP contribution is -2.22. The first kappa shape index (κ1) is 14.7. The van der Waals surface area contributed by atoms with E-state index >= 15 is 0 Å². The van der Waals surface area contributed by atoms with E-state index in [2.05, 4.69) is 4.98 Å². The second-order valence-corrected chi connectivity index (χ2v) is 6.26. The normalized spacial score (nSPS) is 12.2. The monoisotopic (exact) mass is 338 g/mol. The third-order valence-corrected chi connectivity index (χ3v) is 4.82. The summed E-state index contributed by atoms with van der Waals surface area (Å²) < 4.78 is 12.8. The molecule has 0 atom stereocenters. The molecule has 6 heteroatoms. The second-order valence-electron chi connectivity index (χ2n) is 5.25. The number of benzene rings is 2. The Morgan fingerprint density at radius 3 is 2.67 bits per heavy atom. The molecule has 0 radical (unpaired) electrons. The van der Waals surface area contributed by atoms with Gasteiger partial charge in [0.1, 0.15) is 0 Å². The number of imidazole rings is 1. The van der Waals surface area contributed by atoms with Gasteiger partial charge in [-0.15, -0.1) is 0 Å². The molecule has 0 unspecified atom stereocenters. The molecule has 120 valence electrons. The Morgan fingerprint density at radius 2 is 1.88 bits per heavy atom. The molecule has 0 saturated carbocycles. The van der Waals surface area contributed by atoms with Crippen LogP contribution in [0.25, 0.3) is 22.1 Å². The smallest absolute Gasteiger partial charge is 0.274 e. The Bertz CT molecular complexity index is 1160. The quantitative estimate of drug-likeness (QED) is 0.576. The number of fused-ring (bicyclic) bond motifs is 3. The molecule has 0 amide bonds. The molecule has 0 spiro atoms. The van der Waals surface area contributed by atoms with Crippen molar-refractivity contribution in [3.63, 3.8) is 0 Å². The van der Waals surface area contributed by atoms with Crippen molar-refractivity contribution in [1.82, 2.24) is 9.38 Å². The number of rotatable bonds is 3. The largest absolute Gasteiger partial charge is 0.493 e. The van der Waals surface area contributed by atoms with Crippen LogP contribution in [0.15, 0.2) is 47.3 Å². The average Bonchev–Trinajstić information content (AvgIpc) is 3.11. The molecule has 4 rings (SSSR count). The zero-order valence-electron chi connectivity index (χ0n) is 13.1. The van der Waals surface area contributed by atoms with Gasteiger partial charge >= 0.3 is 0 Å². The zero-order valence-corrected chi connectivity index (χ0v) is 14.0. The van der Waals surface area contributed by atoms with Crippen LogP contribution in [0, 0.1) is 0 Å². The van der Waals surface area contributed by atoms with Crippen LogP contribution in [0.4, 0.5) is 0 Å². The standard InChI is InChI=1S/C18H14N2O3S/c1-22-14-8-7-11(9-15(14)23-2)10-16-17(21)20-13-6-4-3-5-12(13)19-18(20)24-16/h3-10H,1-2H3/b16-10+. The second kappa shape index (κ2) is 5.65. The minimum atomic E-state index is -0.0570. The third-order valence-electron chi connectivity index (χ3n) is 3.85. The number of ether oxygens (including phenoxy) is 2. The molecule has 0 bridgehead atoms. The van der Waals surface area contributed by atoms with Gasteiger partial charge in [0.25, 0.3) is 5.56 Å². The van der Waals surface area contributed by atoms with Gasteiger partial charge in [0.15, 0.2) is 16.5 Å². The minimum absolute atomic E-state index is 0.0570. The van der Waals surface area contributed by atoms with Crippen LogP contribution in [0.3, 0.4) is 0 Å². The summed E-state index contributed by atoms with van der Waals surface area (Å²) in [5, 5.41) is 0. The molecule has 5 nitrogen and oxygen atoms in total. The molecule has 24 heavy (non-hydrogen) atoms. The fourth-order valence-corrected chi connectivity index (χ4v) is 3.69. The van der Waals surface area contributed by atoms with Crippen LogP contribution in [0.1, 0.15) is 5.56 Å². The Labute approximate surface area is 141 Å². The molecule has 0 aliphatic heterocycles. The highest BCUT2D eigenvalue weighted by Gasteiger charge is 2.11. The van der Waals surface area contributed by atoms with Crippen molar-refractivity contribution >= 4 is 33.4 Å². The van der Waals surface area contributed by atoms with Gasteiger partial charge in [0, 0.05) is 0 Å². The molecule has 2 aromatic heterocycles. The first-order valence-corrected chi connectivity index (χ1v) is 8.16. The van der Waals surface area contributed by atoms with E-state index in [1.165, 1.54) is 11.3 Å². The summed E-state index contributed by atoms with van der Waals surface area (Å²) in [5.74, 6) is 1.29. The summed E-state index contributed by atoms with van der Waals surface area (Å²) in [6, 6.07) is 13.2. The molecule has 2 heterocycles. The zero-order chi connectivity index (χ0) is 16.7. The van der Waals surface area contributed by atoms with Gasteiger partial charge in [-0.1, -0.05) is 29.5 Å². The lowest BCUT2D eigenvalue weighted by molar-refractivity contribution is 0.355. The number of nitrogens with zero attached hydrogens (tertiary/aromatic N) is 2. The van der Waals surface area contributed by atoms with Crippen LogP contribution in [0.5, 0.6) is 11.5 Å². The van der Waals surface area contributed by atoms with Gasteiger partial charge in [0.05, 0.1) is 29.8 Å². The molecule has 2 aromatic carbocycles. The predicted molar refractivity (Wildman–Crippen MR) is 95.2 cm³/mol. The van der Waals surface area contributed by atoms with Crippen molar-refractivity contribution in [3.05, 3.63) is 62.9 Å². The van der Waals surface area contributed by atoms with Gasteiger partial charge < -0.3 is 9.47 Å². The Kier molecular flexibility index (Phi) is 3.46. The van der Waals surface area contributed by atoms with E-state index in [0.717, 1.165) is 16.6 Å². The number of para-hydroxylation sites is 2. The summed E-state index contributed by atoms with van der Waals surface area (Å²) in [5.41, 5.74) is 2.48. The number of thiazole rings is 1. The van der Waals surface area contributed by atoms with E-state index in [1.807, 2.05) is 48.5 Å². The van der Waals surface area contributed by atoms with Crippen LogP contribution < -0.4 is 19.6 Å². The van der Waals surface area contributed by atoms with E-state index in [9.17, 15) is 4.79 Å². The molecule has 0 fully saturated rings. The maximum Gasteiger partial charge on any atom is 0.274 e. The number of aromatic nitrogens is 2. The summed E-state index contributed by atoms with van der Waals surface area (Å²) in [6.07, 6.45) is 1.85. The molecule has 0 N–H and O–H groups in total. The van der Waals surface area contributed by atoms with Gasteiger partial charge in [-0.3, -0.25) is 4.79 Å². The van der Waals surface area contributed by atoms with Crippen LogP contribution >= 0.6 is 11.3 Å². The number of hydrogen-bond acceptors (Lipinski definition) is 5. The third kappa shape index (κ3) is 2.23. The van der Waals surface area contributed by atoms with E-state index in [-0.39, 0.29) is 5.56 Å². The van der Waals surface area contributed by atoms with Crippen molar-refractivity contribution in [2.75, 3.05) is 14.2 Å². The Balaban J connectivity index is 1.92. The number of methoxy groups -OCH3 is 2. The van der Waals surface area contributed by atoms with Crippen LogP contribution in [-0.4, -0.2) is 23.6 Å². The lowest BCUT2D eigenvalue weighted by Gasteiger charge is -2.07. The van der Waals surface area contributed by atoms with E-state index in [0.29, 0.717) is 21.0 Å². The number of hydrogen-bond donors (Lipinski definition) is 0. The Morgan fingerprint density at radius 1 is 1.08 bits per heavy atom. The van der Waals surface area contributed by atoms with Crippen molar-refractivity contribution in [1.29, 1.82) is 0 Å². The van der Waals surface area contributed by atoms with E-state index < -0.39 is 0 Å². The summed E-state index contributed by atoms with van der Waals surface area (Å²) in [6.45, 7) is 0. The molecule has 0 aliphatic carbocycles. The lowest BCUT2D eigenvalue weighted by atomic mass is 10.2. The fourth-order valence-electron chi connectivity index (χ4n) is 2.71. The first-order valence-electron chi connectivity index (χ1n) is 7.35. The van der Waals surface area contributed by atoms with Gasteiger partial charge in [-0.05, 0) is 35.9 Å². The fraction of sp³-hybridized carbons (Fsp3) is 0.111. The molecule has 4 aromatic rings. The maximum absolute atomic E-state index is 12.7. The van der Waals surface area contributed by atoms with E-state index in [1.54, 1.807) is 18.6 Å². The van der Waals surface area contributed by atoms with Crippen LogP contribution in [-0.2, 0) is 0 Å². The van der Waals surface area contributed by atoms with Gasteiger partial charge in [0.2, 0.25) is 0 Å². The molecule has 0 aliphatic rings. The summed E-state index contributed by atoms with van der Waals surface area (Å²) in [4.78, 5) is 17.9. The van der Waals surface area contributed by atoms with E-state index in [4.69, 9.17) is 9.47 Å².